The van der Waals surface area contributed by atoms with E-state index in [0.717, 1.165) is 6.41 Å². The fourth-order valence-electron chi connectivity index (χ4n) is 2.50. The van der Waals surface area contributed by atoms with Crippen LogP contribution >= 0.6 is 11.6 Å². The maximum absolute atomic E-state index is 12.4. The Bertz CT molecular complexity index is 693. The first-order valence-electron chi connectivity index (χ1n) is 7.00. The molecule has 1 aromatic carbocycles. The van der Waals surface area contributed by atoms with Crippen LogP contribution in [-0.2, 0) is 4.79 Å². The second kappa shape index (κ2) is 6.27. The molecule has 0 atom stereocenters. The number of benzene rings is 1. The van der Waals surface area contributed by atoms with Crippen molar-refractivity contribution in [3.05, 3.63) is 35.2 Å². The molecule has 0 spiro atoms. The van der Waals surface area contributed by atoms with Crippen molar-refractivity contribution in [1.82, 2.24) is 15.1 Å². The van der Waals surface area contributed by atoms with Crippen molar-refractivity contribution >= 4 is 23.8 Å². The topological polar surface area (TPSA) is 76.3 Å². The largest absolute Gasteiger partial charge is 0.414 e. The lowest BCUT2D eigenvalue weighted by molar-refractivity contribution is -0.119. The molecule has 0 aliphatic carbocycles. The number of nitrogens with zero attached hydrogens (tertiary/aromatic N) is 3. The third-order valence-electron chi connectivity index (χ3n) is 3.76. The van der Waals surface area contributed by atoms with E-state index >= 15 is 0 Å². The summed E-state index contributed by atoms with van der Waals surface area (Å²) in [5, 5.41) is 8.32. The van der Waals surface area contributed by atoms with E-state index in [-0.39, 0.29) is 23.5 Å². The number of ketones is 1. The Balaban J connectivity index is 1.73. The number of carbonyl (C=O) groups is 2. The van der Waals surface area contributed by atoms with Gasteiger partial charge in [-0.3, -0.25) is 9.59 Å². The Morgan fingerprint density at radius 1 is 1.32 bits per heavy atom. The van der Waals surface area contributed by atoms with E-state index in [9.17, 15) is 9.59 Å². The van der Waals surface area contributed by atoms with Gasteiger partial charge < -0.3 is 9.32 Å². The van der Waals surface area contributed by atoms with E-state index in [1.165, 1.54) is 0 Å². The van der Waals surface area contributed by atoms with Gasteiger partial charge in [-0.05, 0) is 31.0 Å². The molecule has 1 aromatic heterocycles. The van der Waals surface area contributed by atoms with Crippen LogP contribution in [0.5, 0.6) is 0 Å². The predicted octanol–water partition coefficient (Wildman–Crippen LogP) is 2.44. The smallest absolute Gasteiger partial charge is 0.284 e. The van der Waals surface area contributed by atoms with E-state index in [1.807, 2.05) is 0 Å². The summed E-state index contributed by atoms with van der Waals surface area (Å²) in [5.41, 5.74) is 0.676. The number of rotatable bonds is 4. The lowest BCUT2D eigenvalue weighted by Gasteiger charge is -2.27. The maximum Gasteiger partial charge on any atom is 0.284 e. The average Bonchev–Trinajstić information content (AvgIpc) is 3.04. The van der Waals surface area contributed by atoms with Crippen LogP contribution in [0.4, 0.5) is 0 Å². The molecular formula is C15H14ClN3O3. The Labute approximate surface area is 132 Å². The summed E-state index contributed by atoms with van der Waals surface area (Å²) in [6.07, 6.45) is 2.05. The second-order valence-corrected chi connectivity index (χ2v) is 5.64. The summed E-state index contributed by atoms with van der Waals surface area (Å²) in [5.74, 6) is -0.0501. The molecule has 0 radical (unpaired) electrons. The minimum atomic E-state index is -0.177. The Morgan fingerprint density at radius 2 is 2.09 bits per heavy atom. The van der Waals surface area contributed by atoms with Crippen molar-refractivity contribution in [3.8, 4) is 11.5 Å². The van der Waals surface area contributed by atoms with Gasteiger partial charge in [0.1, 0.15) is 0 Å². The molecule has 1 amide bonds. The SMILES string of the molecule is O=CN1CCC(C(=O)c2nnc(-c3cccc(Cl)c3)o2)CC1. The highest BCUT2D eigenvalue weighted by atomic mass is 35.5. The zero-order chi connectivity index (χ0) is 15.5. The molecule has 22 heavy (non-hydrogen) atoms. The van der Waals surface area contributed by atoms with Gasteiger partial charge in [0.15, 0.2) is 0 Å². The predicted molar refractivity (Wildman–Crippen MR) is 79.4 cm³/mol. The second-order valence-electron chi connectivity index (χ2n) is 5.20. The molecule has 0 N–H and O–H groups in total. The zero-order valence-electron chi connectivity index (χ0n) is 11.7. The average molecular weight is 320 g/mol. The van der Waals surface area contributed by atoms with Crippen LogP contribution < -0.4 is 0 Å². The molecular weight excluding hydrogens is 306 g/mol. The fourth-order valence-corrected chi connectivity index (χ4v) is 2.69. The maximum atomic E-state index is 12.4. The molecule has 7 heteroatoms. The van der Waals surface area contributed by atoms with Crippen LogP contribution in [0.2, 0.25) is 5.02 Å². The van der Waals surface area contributed by atoms with Crippen molar-refractivity contribution in [2.24, 2.45) is 5.92 Å². The third-order valence-corrected chi connectivity index (χ3v) is 3.99. The molecule has 0 saturated carbocycles. The summed E-state index contributed by atoms with van der Waals surface area (Å²) in [6, 6.07) is 7.01. The van der Waals surface area contributed by atoms with E-state index in [1.54, 1.807) is 29.2 Å². The number of aromatic nitrogens is 2. The molecule has 0 bridgehead atoms. The van der Waals surface area contributed by atoms with E-state index < -0.39 is 0 Å². The monoisotopic (exact) mass is 319 g/mol. The summed E-state index contributed by atoms with van der Waals surface area (Å²) in [6.45, 7) is 1.16. The Morgan fingerprint density at radius 3 is 2.77 bits per heavy atom. The highest BCUT2D eigenvalue weighted by molar-refractivity contribution is 6.30. The van der Waals surface area contributed by atoms with Crippen molar-refractivity contribution in [2.45, 2.75) is 12.8 Å². The molecule has 1 fully saturated rings. The van der Waals surface area contributed by atoms with Gasteiger partial charge in [-0.25, -0.2) is 0 Å². The van der Waals surface area contributed by atoms with E-state index in [0.29, 0.717) is 36.5 Å². The zero-order valence-corrected chi connectivity index (χ0v) is 12.5. The number of carbonyl (C=O) groups excluding carboxylic acids is 2. The Kier molecular flexibility index (Phi) is 4.20. The Hall–Kier alpha value is -2.21. The van der Waals surface area contributed by atoms with Crippen LogP contribution in [0.3, 0.4) is 0 Å². The molecule has 1 aliphatic heterocycles. The quantitative estimate of drug-likeness (QED) is 0.639. The minimum Gasteiger partial charge on any atom is -0.414 e. The van der Waals surface area contributed by atoms with Gasteiger partial charge in [-0.1, -0.05) is 17.7 Å². The lowest BCUT2D eigenvalue weighted by atomic mass is 9.93. The number of piperidine rings is 1. The van der Waals surface area contributed by atoms with Crippen molar-refractivity contribution in [1.29, 1.82) is 0 Å². The highest BCUT2D eigenvalue weighted by Gasteiger charge is 2.29. The van der Waals surface area contributed by atoms with Crippen molar-refractivity contribution < 1.29 is 14.0 Å². The fraction of sp³-hybridized carbons (Fsp3) is 0.333. The normalized spacial score (nSPS) is 15.8. The van der Waals surface area contributed by atoms with Gasteiger partial charge >= 0.3 is 0 Å². The van der Waals surface area contributed by atoms with E-state index in [2.05, 4.69) is 10.2 Å². The number of amides is 1. The first kappa shape index (κ1) is 14.7. The number of halogens is 1. The van der Waals surface area contributed by atoms with Gasteiger partial charge in [0.25, 0.3) is 5.89 Å². The molecule has 114 valence electrons. The molecule has 1 aliphatic rings. The van der Waals surface area contributed by atoms with Gasteiger partial charge in [0, 0.05) is 29.6 Å². The van der Waals surface area contributed by atoms with Crippen LogP contribution in [0.1, 0.15) is 23.5 Å². The van der Waals surface area contributed by atoms with Crippen LogP contribution in [0, 0.1) is 5.92 Å². The summed E-state index contributed by atoms with van der Waals surface area (Å²) in [7, 11) is 0. The first-order chi connectivity index (χ1) is 10.7. The number of likely N-dealkylation sites (tertiary alicyclic amines) is 1. The lowest BCUT2D eigenvalue weighted by Crippen LogP contribution is -2.35. The summed E-state index contributed by atoms with van der Waals surface area (Å²) < 4.78 is 5.48. The van der Waals surface area contributed by atoms with Gasteiger partial charge in [-0.2, -0.15) is 0 Å². The van der Waals surface area contributed by atoms with Gasteiger partial charge in [0.05, 0.1) is 0 Å². The van der Waals surface area contributed by atoms with Crippen LogP contribution in [-0.4, -0.2) is 40.4 Å². The molecule has 6 nitrogen and oxygen atoms in total. The third kappa shape index (κ3) is 3.01. The molecule has 1 saturated heterocycles. The highest BCUT2D eigenvalue weighted by Crippen LogP contribution is 2.24. The standard InChI is InChI=1S/C15H14ClN3O3/c16-12-3-1-2-11(8-12)14-17-18-15(22-14)13(21)10-4-6-19(9-20)7-5-10/h1-3,8-10H,4-7H2. The van der Waals surface area contributed by atoms with Crippen LogP contribution in [0.15, 0.2) is 28.7 Å². The number of hydrogen-bond acceptors (Lipinski definition) is 5. The molecule has 3 rings (SSSR count). The van der Waals surface area contributed by atoms with Crippen molar-refractivity contribution in [2.75, 3.05) is 13.1 Å². The molecule has 2 aromatic rings. The molecule has 2 heterocycles. The first-order valence-corrected chi connectivity index (χ1v) is 7.38. The van der Waals surface area contributed by atoms with E-state index in [4.69, 9.17) is 16.0 Å². The minimum absolute atomic E-state index is 0.0135. The molecule has 0 unspecified atom stereocenters. The summed E-state index contributed by atoms with van der Waals surface area (Å²) in [4.78, 5) is 24.7. The van der Waals surface area contributed by atoms with Gasteiger partial charge in [-0.15, -0.1) is 10.2 Å². The number of hydrogen-bond donors (Lipinski definition) is 0. The number of Topliss-reactive ketones (excluding diaryl/α,β-unsaturated/α-hetero) is 1. The van der Waals surface area contributed by atoms with Crippen LogP contribution in [0.25, 0.3) is 11.5 Å². The van der Waals surface area contributed by atoms with Crippen molar-refractivity contribution in [3.63, 3.8) is 0 Å². The van der Waals surface area contributed by atoms with Gasteiger partial charge in [0.2, 0.25) is 18.1 Å². The summed E-state index contributed by atoms with van der Waals surface area (Å²) >= 11 is 5.92.